The van der Waals surface area contributed by atoms with Crippen LogP contribution in [0.4, 0.5) is 5.69 Å². The van der Waals surface area contributed by atoms with E-state index < -0.39 is 5.97 Å². The van der Waals surface area contributed by atoms with Crippen LogP contribution in [0.25, 0.3) is 5.69 Å². The molecule has 0 atom stereocenters. The van der Waals surface area contributed by atoms with Gasteiger partial charge in [0.1, 0.15) is 0 Å². The van der Waals surface area contributed by atoms with Crippen LogP contribution in [0.5, 0.6) is 11.5 Å². The molecule has 0 aliphatic carbocycles. The number of aliphatic imine (C=N–C) groups is 1. The molecule has 4 rings (SSSR count). The van der Waals surface area contributed by atoms with E-state index in [0.717, 1.165) is 11.4 Å². The van der Waals surface area contributed by atoms with E-state index in [9.17, 15) is 9.59 Å². The van der Waals surface area contributed by atoms with Crippen LogP contribution in [0.1, 0.15) is 21.8 Å². The molecule has 0 aliphatic rings. The Kier molecular flexibility index (Phi) is 5.76. The maximum atomic E-state index is 13.0. The number of hydrogen-bond acceptors (Lipinski definition) is 6. The van der Waals surface area contributed by atoms with Gasteiger partial charge in [-0.05, 0) is 55.0 Å². The minimum absolute atomic E-state index is 0.0898. The molecule has 0 fully saturated rings. The van der Waals surface area contributed by atoms with Gasteiger partial charge < -0.3 is 13.9 Å². The molecule has 4 aromatic rings. The van der Waals surface area contributed by atoms with Crippen LogP contribution in [0.2, 0.25) is 0 Å². The summed E-state index contributed by atoms with van der Waals surface area (Å²) >= 11 is 0. The number of nitrogens with zero attached hydrogens (tertiary/aromatic N) is 3. The van der Waals surface area contributed by atoms with Gasteiger partial charge in [-0.15, -0.1) is 0 Å². The molecule has 0 N–H and O–H groups in total. The highest BCUT2D eigenvalue weighted by atomic mass is 16.6. The van der Waals surface area contributed by atoms with E-state index in [1.807, 2.05) is 44.3 Å². The quantitative estimate of drug-likeness (QED) is 0.261. The molecular weight excluding hydrogens is 410 g/mol. The molecule has 2 aromatic carbocycles. The van der Waals surface area contributed by atoms with Gasteiger partial charge in [-0.1, -0.05) is 18.2 Å². The minimum atomic E-state index is -0.629. The SMILES string of the molecule is COc1cc(C=Nc2c(C)n(C)n(-c3ccccc3)c2=O)ccc1OC(=O)c1ccco1. The summed E-state index contributed by atoms with van der Waals surface area (Å²) in [6.07, 6.45) is 2.96. The highest BCUT2D eigenvalue weighted by molar-refractivity contribution is 5.89. The molecule has 2 aromatic heterocycles. The van der Waals surface area contributed by atoms with E-state index in [-0.39, 0.29) is 17.1 Å². The average Bonchev–Trinajstić information content (AvgIpc) is 3.42. The number of hydrogen-bond donors (Lipinski definition) is 0. The molecule has 0 amide bonds. The van der Waals surface area contributed by atoms with Gasteiger partial charge >= 0.3 is 5.97 Å². The topological polar surface area (TPSA) is 88.0 Å². The van der Waals surface area contributed by atoms with Crippen LogP contribution in [-0.2, 0) is 7.05 Å². The summed E-state index contributed by atoms with van der Waals surface area (Å²) in [6, 6.07) is 17.5. The van der Waals surface area contributed by atoms with E-state index in [4.69, 9.17) is 13.9 Å². The number of benzene rings is 2. The number of ether oxygens (including phenoxy) is 2. The molecule has 0 unspecified atom stereocenters. The summed E-state index contributed by atoms with van der Waals surface area (Å²) in [6.45, 7) is 1.84. The van der Waals surface area contributed by atoms with E-state index >= 15 is 0 Å². The van der Waals surface area contributed by atoms with Crippen molar-refractivity contribution < 1.29 is 18.7 Å². The number of methoxy groups -OCH3 is 1. The molecule has 0 bridgehead atoms. The van der Waals surface area contributed by atoms with Crippen molar-refractivity contribution in [2.24, 2.45) is 12.0 Å². The summed E-state index contributed by atoms with van der Waals surface area (Å²) in [5.74, 6) is 0.0525. The van der Waals surface area contributed by atoms with Crippen molar-refractivity contribution in [3.8, 4) is 17.2 Å². The molecule has 0 radical (unpaired) electrons. The largest absolute Gasteiger partial charge is 0.493 e. The highest BCUT2D eigenvalue weighted by Crippen LogP contribution is 2.29. The van der Waals surface area contributed by atoms with Crippen molar-refractivity contribution in [2.45, 2.75) is 6.92 Å². The van der Waals surface area contributed by atoms with Crippen molar-refractivity contribution in [3.63, 3.8) is 0 Å². The van der Waals surface area contributed by atoms with Gasteiger partial charge in [-0.25, -0.2) is 14.5 Å². The summed E-state index contributed by atoms with van der Waals surface area (Å²) in [4.78, 5) is 29.5. The van der Waals surface area contributed by atoms with Gasteiger partial charge in [0.15, 0.2) is 17.2 Å². The fourth-order valence-corrected chi connectivity index (χ4v) is 3.24. The molecule has 0 aliphatic heterocycles. The third-order valence-corrected chi connectivity index (χ3v) is 4.98. The highest BCUT2D eigenvalue weighted by Gasteiger charge is 2.16. The maximum absolute atomic E-state index is 13.0. The van der Waals surface area contributed by atoms with Gasteiger partial charge in [-0.2, -0.15) is 0 Å². The molecule has 0 spiro atoms. The number of rotatable bonds is 6. The van der Waals surface area contributed by atoms with Crippen LogP contribution >= 0.6 is 0 Å². The lowest BCUT2D eigenvalue weighted by molar-refractivity contribution is 0.0696. The van der Waals surface area contributed by atoms with Gasteiger partial charge in [0, 0.05) is 13.3 Å². The Hall–Kier alpha value is -4.33. The first-order valence-corrected chi connectivity index (χ1v) is 9.81. The molecule has 0 saturated carbocycles. The Morgan fingerprint density at radius 1 is 1.06 bits per heavy atom. The smallest absolute Gasteiger partial charge is 0.379 e. The molecule has 162 valence electrons. The van der Waals surface area contributed by atoms with Crippen LogP contribution in [-0.4, -0.2) is 28.7 Å². The maximum Gasteiger partial charge on any atom is 0.379 e. The first kappa shape index (κ1) is 20.9. The Bertz CT molecular complexity index is 1330. The van der Waals surface area contributed by atoms with Gasteiger partial charge in [0.2, 0.25) is 5.76 Å². The Balaban J connectivity index is 1.62. The molecule has 32 heavy (non-hydrogen) atoms. The van der Waals surface area contributed by atoms with Crippen LogP contribution in [0.15, 0.2) is 81.1 Å². The van der Waals surface area contributed by atoms with Crippen LogP contribution in [0.3, 0.4) is 0 Å². The van der Waals surface area contributed by atoms with Gasteiger partial charge in [0.25, 0.3) is 5.56 Å². The molecule has 8 heteroatoms. The van der Waals surface area contributed by atoms with Crippen molar-refractivity contribution in [1.29, 1.82) is 0 Å². The predicted octanol–water partition coefficient (Wildman–Crippen LogP) is 4.06. The van der Waals surface area contributed by atoms with Crippen molar-refractivity contribution in [2.75, 3.05) is 7.11 Å². The normalized spacial score (nSPS) is 11.1. The summed E-state index contributed by atoms with van der Waals surface area (Å²) in [5, 5.41) is 0. The third-order valence-electron chi connectivity index (χ3n) is 4.98. The van der Waals surface area contributed by atoms with E-state index in [0.29, 0.717) is 17.0 Å². The standard InChI is InChI=1S/C24H21N3O5/c1-16-22(23(28)27(26(16)2)18-8-5-4-6-9-18)25-15-17-11-12-19(21(14-17)30-3)32-24(29)20-10-7-13-31-20/h4-15H,1-3H3. The number of carbonyl (C=O) groups is 1. The first-order chi connectivity index (χ1) is 15.5. The fraction of sp³-hybridized carbons (Fsp3) is 0.125. The number of aromatic nitrogens is 2. The lowest BCUT2D eigenvalue weighted by Gasteiger charge is -2.08. The molecule has 0 saturated heterocycles. The second-order valence-corrected chi connectivity index (χ2v) is 6.95. The van der Waals surface area contributed by atoms with E-state index in [1.54, 1.807) is 39.8 Å². The second kappa shape index (κ2) is 8.81. The summed E-state index contributed by atoms with van der Waals surface area (Å²) < 4.78 is 19.1. The number of para-hydroxylation sites is 1. The zero-order valence-electron chi connectivity index (χ0n) is 17.8. The first-order valence-electron chi connectivity index (χ1n) is 9.81. The Morgan fingerprint density at radius 3 is 2.53 bits per heavy atom. The minimum Gasteiger partial charge on any atom is -0.493 e. The number of furan rings is 1. The predicted molar refractivity (Wildman–Crippen MR) is 120 cm³/mol. The summed E-state index contributed by atoms with van der Waals surface area (Å²) in [7, 11) is 3.29. The third kappa shape index (κ3) is 3.98. The molecular formula is C24H21N3O5. The Labute approximate surface area is 183 Å². The van der Waals surface area contributed by atoms with Crippen molar-refractivity contribution >= 4 is 17.9 Å². The average molecular weight is 431 g/mol. The van der Waals surface area contributed by atoms with Crippen LogP contribution < -0.4 is 15.0 Å². The zero-order chi connectivity index (χ0) is 22.7. The van der Waals surface area contributed by atoms with Gasteiger partial charge in [0.05, 0.1) is 24.8 Å². The molecule has 8 nitrogen and oxygen atoms in total. The molecule has 2 heterocycles. The summed E-state index contributed by atoms with van der Waals surface area (Å²) in [5.41, 5.74) is 2.28. The lowest BCUT2D eigenvalue weighted by Crippen LogP contribution is -2.19. The lowest BCUT2D eigenvalue weighted by atomic mass is 10.2. The monoisotopic (exact) mass is 431 g/mol. The number of carbonyl (C=O) groups excluding carboxylic acids is 1. The Morgan fingerprint density at radius 2 is 1.84 bits per heavy atom. The fourth-order valence-electron chi connectivity index (χ4n) is 3.24. The zero-order valence-corrected chi connectivity index (χ0v) is 17.8. The second-order valence-electron chi connectivity index (χ2n) is 6.95. The van der Waals surface area contributed by atoms with Crippen molar-refractivity contribution in [3.05, 3.63) is 94.3 Å². The van der Waals surface area contributed by atoms with Gasteiger partial charge in [-0.3, -0.25) is 9.48 Å². The van der Waals surface area contributed by atoms with E-state index in [2.05, 4.69) is 4.99 Å². The van der Waals surface area contributed by atoms with E-state index in [1.165, 1.54) is 19.4 Å². The number of esters is 1. The van der Waals surface area contributed by atoms with Crippen LogP contribution in [0, 0.1) is 6.92 Å². The van der Waals surface area contributed by atoms with Crippen molar-refractivity contribution in [1.82, 2.24) is 9.36 Å².